The molecular formula is C16H18O3S. The number of benzene rings is 1. The molecule has 0 N–H and O–H groups in total. The number of carbonyl (C=O) groups is 1. The molecule has 1 unspecified atom stereocenters. The van der Waals surface area contributed by atoms with Crippen molar-refractivity contribution < 1.29 is 14.3 Å². The molecule has 1 saturated carbocycles. The van der Waals surface area contributed by atoms with E-state index >= 15 is 0 Å². The molecule has 0 radical (unpaired) electrons. The van der Waals surface area contributed by atoms with Crippen molar-refractivity contribution in [2.75, 3.05) is 12.9 Å². The summed E-state index contributed by atoms with van der Waals surface area (Å²) in [5.41, 5.74) is 1.52. The molecule has 3 rings (SSSR count). The third kappa shape index (κ3) is 2.70. The van der Waals surface area contributed by atoms with E-state index in [0.717, 1.165) is 16.2 Å². The molecule has 0 aromatic heterocycles. The lowest BCUT2D eigenvalue weighted by atomic mass is 10.1. The largest absolute Gasteiger partial charge is 0.489 e. The minimum absolute atomic E-state index is 0.237. The molecule has 2 aliphatic rings. The van der Waals surface area contributed by atoms with Crippen LogP contribution in [0.4, 0.5) is 0 Å². The molecule has 106 valence electrons. The Morgan fingerprint density at radius 1 is 1.40 bits per heavy atom. The maximum atomic E-state index is 11.6. The average Bonchev–Trinajstić information content (AvgIpc) is 3.21. The van der Waals surface area contributed by atoms with Crippen LogP contribution in [-0.2, 0) is 9.53 Å². The Hall–Kier alpha value is -1.42. The second-order valence-corrected chi connectivity index (χ2v) is 6.09. The minimum atomic E-state index is -0.247. The molecule has 1 aromatic carbocycles. The molecule has 0 amide bonds. The predicted octanol–water partition coefficient (Wildman–Crippen LogP) is 3.53. The van der Waals surface area contributed by atoms with Gasteiger partial charge in [0.1, 0.15) is 12.4 Å². The lowest BCUT2D eigenvalue weighted by Gasteiger charge is -2.17. The maximum Gasteiger partial charge on any atom is 0.338 e. The maximum absolute atomic E-state index is 11.6. The number of rotatable bonds is 5. The van der Waals surface area contributed by atoms with Gasteiger partial charge in [-0.1, -0.05) is 6.07 Å². The SMILES string of the molecule is CSc1ccc(C2=CCOC2=O)cc1OC(C)C1CC1. The Bertz CT molecular complexity index is 561. The van der Waals surface area contributed by atoms with E-state index in [-0.39, 0.29) is 12.1 Å². The van der Waals surface area contributed by atoms with Gasteiger partial charge in [-0.2, -0.15) is 0 Å². The first-order valence-electron chi connectivity index (χ1n) is 6.91. The molecule has 1 heterocycles. The van der Waals surface area contributed by atoms with E-state index in [9.17, 15) is 4.79 Å². The molecule has 0 saturated heterocycles. The van der Waals surface area contributed by atoms with Gasteiger partial charge in [0.05, 0.1) is 11.7 Å². The van der Waals surface area contributed by atoms with E-state index in [1.165, 1.54) is 12.8 Å². The number of thioether (sulfide) groups is 1. The van der Waals surface area contributed by atoms with Gasteiger partial charge < -0.3 is 9.47 Å². The van der Waals surface area contributed by atoms with Gasteiger partial charge in [-0.05, 0) is 55.7 Å². The van der Waals surface area contributed by atoms with E-state index in [1.807, 2.05) is 30.5 Å². The standard InChI is InChI=1S/C16H18O3S/c1-10(11-3-4-11)19-14-9-12(5-6-15(14)20-2)13-7-8-18-16(13)17/h5-7,9-11H,3-4,8H2,1-2H3. The smallest absolute Gasteiger partial charge is 0.338 e. The van der Waals surface area contributed by atoms with Gasteiger partial charge in [0, 0.05) is 4.90 Å². The van der Waals surface area contributed by atoms with Crippen LogP contribution >= 0.6 is 11.8 Å². The summed E-state index contributed by atoms with van der Waals surface area (Å²) in [5, 5.41) is 0. The third-order valence-electron chi connectivity index (χ3n) is 3.80. The van der Waals surface area contributed by atoms with Crippen molar-refractivity contribution in [3.8, 4) is 5.75 Å². The van der Waals surface area contributed by atoms with E-state index in [1.54, 1.807) is 11.8 Å². The van der Waals surface area contributed by atoms with Gasteiger partial charge in [-0.15, -0.1) is 11.8 Å². The summed E-state index contributed by atoms with van der Waals surface area (Å²) in [6, 6.07) is 5.93. The van der Waals surface area contributed by atoms with Crippen molar-refractivity contribution in [2.45, 2.75) is 30.8 Å². The molecule has 0 bridgehead atoms. The lowest BCUT2D eigenvalue weighted by Crippen LogP contribution is -2.14. The quantitative estimate of drug-likeness (QED) is 0.614. The fourth-order valence-electron chi connectivity index (χ4n) is 2.40. The summed E-state index contributed by atoms with van der Waals surface area (Å²) in [5.74, 6) is 1.31. The van der Waals surface area contributed by atoms with Gasteiger partial charge in [0.15, 0.2) is 0 Å². The number of hydrogen-bond donors (Lipinski definition) is 0. The summed E-state index contributed by atoms with van der Waals surface area (Å²) >= 11 is 1.66. The molecular weight excluding hydrogens is 272 g/mol. The molecule has 4 heteroatoms. The van der Waals surface area contributed by atoms with Crippen LogP contribution in [0.5, 0.6) is 5.75 Å². The van der Waals surface area contributed by atoms with Crippen LogP contribution in [0.1, 0.15) is 25.3 Å². The van der Waals surface area contributed by atoms with Crippen LogP contribution < -0.4 is 4.74 Å². The number of ether oxygens (including phenoxy) is 2. The Morgan fingerprint density at radius 2 is 2.20 bits per heavy atom. The average molecular weight is 290 g/mol. The fourth-order valence-corrected chi connectivity index (χ4v) is 2.91. The topological polar surface area (TPSA) is 35.5 Å². The number of cyclic esters (lactones) is 1. The van der Waals surface area contributed by atoms with Crippen molar-refractivity contribution in [2.24, 2.45) is 5.92 Å². The monoisotopic (exact) mass is 290 g/mol. The summed E-state index contributed by atoms with van der Waals surface area (Å²) < 4.78 is 11.1. The highest BCUT2D eigenvalue weighted by molar-refractivity contribution is 7.98. The normalized spacial score (nSPS) is 19.5. The number of esters is 1. The molecule has 1 atom stereocenters. The van der Waals surface area contributed by atoms with E-state index in [2.05, 4.69) is 6.92 Å². The summed E-state index contributed by atoms with van der Waals surface area (Å²) in [6.45, 7) is 2.49. The van der Waals surface area contributed by atoms with Gasteiger partial charge in [-0.3, -0.25) is 0 Å². The fraction of sp³-hybridized carbons (Fsp3) is 0.438. The molecule has 3 nitrogen and oxygen atoms in total. The number of hydrogen-bond acceptors (Lipinski definition) is 4. The summed E-state index contributed by atoms with van der Waals surface area (Å²) in [4.78, 5) is 12.7. The zero-order valence-electron chi connectivity index (χ0n) is 11.7. The van der Waals surface area contributed by atoms with Crippen molar-refractivity contribution in [1.29, 1.82) is 0 Å². The second kappa shape index (κ2) is 5.52. The van der Waals surface area contributed by atoms with Gasteiger partial charge in [0.25, 0.3) is 0 Å². The molecule has 1 aliphatic carbocycles. The van der Waals surface area contributed by atoms with Crippen LogP contribution in [0.15, 0.2) is 29.2 Å². The second-order valence-electron chi connectivity index (χ2n) is 5.24. The van der Waals surface area contributed by atoms with Crippen molar-refractivity contribution in [3.63, 3.8) is 0 Å². The minimum Gasteiger partial charge on any atom is -0.489 e. The Balaban J connectivity index is 1.87. The van der Waals surface area contributed by atoms with Crippen molar-refractivity contribution >= 4 is 23.3 Å². The van der Waals surface area contributed by atoms with Crippen molar-refractivity contribution in [3.05, 3.63) is 29.8 Å². The third-order valence-corrected chi connectivity index (χ3v) is 4.57. The highest BCUT2D eigenvalue weighted by Gasteiger charge is 2.30. The Kier molecular flexibility index (Phi) is 3.74. The highest BCUT2D eigenvalue weighted by atomic mass is 32.2. The van der Waals surface area contributed by atoms with Crippen LogP contribution in [0.2, 0.25) is 0 Å². The van der Waals surface area contributed by atoms with E-state index < -0.39 is 0 Å². The molecule has 0 spiro atoms. The Labute approximate surface area is 123 Å². The van der Waals surface area contributed by atoms with Crippen LogP contribution in [0, 0.1) is 5.92 Å². The molecule has 1 aromatic rings. The first-order chi connectivity index (χ1) is 9.69. The van der Waals surface area contributed by atoms with Crippen molar-refractivity contribution in [1.82, 2.24) is 0 Å². The zero-order chi connectivity index (χ0) is 14.1. The van der Waals surface area contributed by atoms with Crippen LogP contribution in [0.25, 0.3) is 5.57 Å². The Morgan fingerprint density at radius 3 is 2.80 bits per heavy atom. The van der Waals surface area contributed by atoms with E-state index in [0.29, 0.717) is 18.1 Å². The highest BCUT2D eigenvalue weighted by Crippen LogP contribution is 2.38. The first kappa shape index (κ1) is 13.6. The van der Waals surface area contributed by atoms with E-state index in [4.69, 9.17) is 9.47 Å². The van der Waals surface area contributed by atoms with Gasteiger partial charge in [0.2, 0.25) is 0 Å². The van der Waals surface area contributed by atoms with Crippen LogP contribution in [0.3, 0.4) is 0 Å². The lowest BCUT2D eigenvalue weighted by molar-refractivity contribution is -0.133. The number of carbonyl (C=O) groups excluding carboxylic acids is 1. The summed E-state index contributed by atoms with van der Waals surface area (Å²) in [6.07, 6.45) is 6.61. The first-order valence-corrected chi connectivity index (χ1v) is 8.14. The predicted molar refractivity (Wildman–Crippen MR) is 80.0 cm³/mol. The van der Waals surface area contributed by atoms with Crippen LogP contribution in [-0.4, -0.2) is 24.9 Å². The zero-order valence-corrected chi connectivity index (χ0v) is 12.5. The van der Waals surface area contributed by atoms with Gasteiger partial charge in [-0.25, -0.2) is 4.79 Å². The molecule has 1 fully saturated rings. The summed E-state index contributed by atoms with van der Waals surface area (Å²) in [7, 11) is 0. The molecule has 20 heavy (non-hydrogen) atoms. The molecule has 1 aliphatic heterocycles. The van der Waals surface area contributed by atoms with Gasteiger partial charge >= 0.3 is 5.97 Å².